The molecule has 132 valence electrons. The first-order valence-corrected chi connectivity index (χ1v) is 9.44. The summed E-state index contributed by atoms with van der Waals surface area (Å²) >= 11 is 0. The molecule has 1 fully saturated rings. The van der Waals surface area contributed by atoms with Gasteiger partial charge in [-0.1, -0.05) is 60.6 Å². The second-order valence-electron chi connectivity index (χ2n) is 7.56. The SMILES string of the molecule is CC.CC.CC(C)(C)Cc1ccc2c(c1)C(N)CC1(CCC1)O2. The zero-order valence-corrected chi connectivity index (χ0v) is 16.3. The Morgan fingerprint density at radius 3 is 2.22 bits per heavy atom. The van der Waals surface area contributed by atoms with Gasteiger partial charge in [0, 0.05) is 18.0 Å². The molecule has 1 spiro atoms. The second-order valence-corrected chi connectivity index (χ2v) is 7.56. The molecule has 1 aliphatic heterocycles. The molecule has 1 unspecified atom stereocenters. The number of benzene rings is 1. The van der Waals surface area contributed by atoms with Crippen LogP contribution in [0.25, 0.3) is 0 Å². The van der Waals surface area contributed by atoms with E-state index >= 15 is 0 Å². The van der Waals surface area contributed by atoms with Crippen molar-refractivity contribution < 1.29 is 4.74 Å². The largest absolute Gasteiger partial charge is 0.487 e. The van der Waals surface area contributed by atoms with Gasteiger partial charge in [-0.25, -0.2) is 0 Å². The molecule has 1 heterocycles. The van der Waals surface area contributed by atoms with Gasteiger partial charge in [-0.3, -0.25) is 0 Å². The molecule has 0 amide bonds. The first-order chi connectivity index (χ1) is 10.9. The van der Waals surface area contributed by atoms with Crippen molar-refractivity contribution in [2.45, 2.75) is 92.2 Å². The summed E-state index contributed by atoms with van der Waals surface area (Å²) in [6, 6.07) is 6.74. The van der Waals surface area contributed by atoms with E-state index < -0.39 is 0 Å². The van der Waals surface area contributed by atoms with E-state index in [0.717, 1.165) is 18.6 Å². The molecule has 1 saturated carbocycles. The lowest BCUT2D eigenvalue weighted by Gasteiger charge is -2.47. The molecule has 2 nitrogen and oxygen atoms in total. The maximum absolute atomic E-state index is 6.38. The molecule has 0 bridgehead atoms. The fourth-order valence-corrected chi connectivity index (χ4v) is 3.37. The van der Waals surface area contributed by atoms with Gasteiger partial charge in [0.25, 0.3) is 0 Å². The molecule has 1 aromatic rings. The zero-order chi connectivity index (χ0) is 17.7. The third kappa shape index (κ3) is 4.97. The van der Waals surface area contributed by atoms with Gasteiger partial charge in [-0.15, -0.1) is 0 Å². The average molecular weight is 320 g/mol. The molecule has 0 aromatic heterocycles. The summed E-state index contributed by atoms with van der Waals surface area (Å²) in [4.78, 5) is 0. The molecule has 1 aromatic carbocycles. The zero-order valence-electron chi connectivity index (χ0n) is 16.3. The van der Waals surface area contributed by atoms with E-state index in [2.05, 4.69) is 39.0 Å². The van der Waals surface area contributed by atoms with Gasteiger partial charge in [0.1, 0.15) is 11.4 Å². The predicted octanol–water partition coefficient (Wildman–Crippen LogP) is 6.03. The first kappa shape index (κ1) is 20.0. The van der Waals surface area contributed by atoms with Gasteiger partial charge in [0.15, 0.2) is 0 Å². The predicted molar refractivity (Wildman–Crippen MR) is 101 cm³/mol. The number of hydrogen-bond acceptors (Lipinski definition) is 2. The van der Waals surface area contributed by atoms with Crippen molar-refractivity contribution in [1.29, 1.82) is 0 Å². The van der Waals surface area contributed by atoms with Crippen molar-refractivity contribution >= 4 is 0 Å². The van der Waals surface area contributed by atoms with Crippen LogP contribution in [0.1, 0.15) is 91.3 Å². The van der Waals surface area contributed by atoms with Crippen LogP contribution in [0.4, 0.5) is 0 Å². The normalized spacial score (nSPS) is 20.8. The Hall–Kier alpha value is -1.02. The summed E-state index contributed by atoms with van der Waals surface area (Å²) in [5.74, 6) is 1.02. The Morgan fingerprint density at radius 1 is 1.13 bits per heavy atom. The van der Waals surface area contributed by atoms with Crippen LogP contribution in [0.2, 0.25) is 0 Å². The summed E-state index contributed by atoms with van der Waals surface area (Å²) < 4.78 is 6.23. The van der Waals surface area contributed by atoms with Gasteiger partial charge in [-0.2, -0.15) is 0 Å². The molecule has 2 heteroatoms. The Kier molecular flexibility index (Phi) is 7.13. The topological polar surface area (TPSA) is 35.2 Å². The van der Waals surface area contributed by atoms with E-state index in [1.54, 1.807) is 0 Å². The number of fused-ring (bicyclic) bond motifs is 1. The van der Waals surface area contributed by atoms with Crippen molar-refractivity contribution in [2.75, 3.05) is 0 Å². The van der Waals surface area contributed by atoms with Crippen LogP contribution >= 0.6 is 0 Å². The molecular formula is C21H37NO. The van der Waals surface area contributed by atoms with E-state index in [4.69, 9.17) is 10.5 Å². The molecule has 0 saturated heterocycles. The number of hydrogen-bond donors (Lipinski definition) is 1. The van der Waals surface area contributed by atoms with Crippen molar-refractivity contribution in [3.8, 4) is 5.75 Å². The third-order valence-electron chi connectivity index (χ3n) is 4.39. The maximum atomic E-state index is 6.38. The van der Waals surface area contributed by atoms with Crippen LogP contribution in [0.5, 0.6) is 5.75 Å². The van der Waals surface area contributed by atoms with Crippen molar-refractivity contribution in [3.05, 3.63) is 29.3 Å². The summed E-state index contributed by atoms with van der Waals surface area (Å²) in [5, 5.41) is 0. The van der Waals surface area contributed by atoms with Crippen LogP contribution < -0.4 is 10.5 Å². The highest BCUT2D eigenvalue weighted by Crippen LogP contribution is 2.48. The Labute approximate surface area is 143 Å². The van der Waals surface area contributed by atoms with Gasteiger partial charge >= 0.3 is 0 Å². The number of nitrogens with two attached hydrogens (primary N) is 1. The molecule has 1 atom stereocenters. The lowest BCUT2D eigenvalue weighted by molar-refractivity contribution is -0.0329. The molecule has 0 radical (unpaired) electrons. The first-order valence-electron chi connectivity index (χ1n) is 9.44. The number of ether oxygens (including phenoxy) is 1. The van der Waals surface area contributed by atoms with Gasteiger partial charge in [-0.05, 0) is 42.7 Å². The maximum Gasteiger partial charge on any atom is 0.124 e. The second kappa shape index (κ2) is 8.19. The Bertz CT molecular complexity index is 483. The Balaban J connectivity index is 0.000000615. The molecule has 2 aliphatic rings. The van der Waals surface area contributed by atoms with Gasteiger partial charge in [0.05, 0.1) is 0 Å². The van der Waals surface area contributed by atoms with Crippen molar-refractivity contribution in [1.82, 2.24) is 0 Å². The van der Waals surface area contributed by atoms with E-state index in [0.29, 0.717) is 5.41 Å². The standard InChI is InChI=1S/C17H25NO.2C2H6/c1-16(2,3)10-12-5-6-15-13(9-12)14(18)11-17(19-15)7-4-8-17;2*1-2/h5-6,9,14H,4,7-8,10-11,18H2,1-3H3;2*1-2H3. The van der Waals surface area contributed by atoms with Crippen LogP contribution in [0.3, 0.4) is 0 Å². The van der Waals surface area contributed by atoms with E-state index in [1.807, 2.05) is 27.7 Å². The average Bonchev–Trinajstić information content (AvgIpc) is 2.49. The molecule has 23 heavy (non-hydrogen) atoms. The van der Waals surface area contributed by atoms with Crippen LogP contribution in [-0.2, 0) is 6.42 Å². The third-order valence-corrected chi connectivity index (χ3v) is 4.39. The van der Waals surface area contributed by atoms with Crippen molar-refractivity contribution in [2.24, 2.45) is 11.1 Å². The fourth-order valence-electron chi connectivity index (χ4n) is 3.37. The lowest BCUT2D eigenvalue weighted by Crippen LogP contribution is -2.48. The summed E-state index contributed by atoms with van der Waals surface area (Å²) in [6.45, 7) is 14.8. The van der Waals surface area contributed by atoms with E-state index in [-0.39, 0.29) is 11.6 Å². The molecular weight excluding hydrogens is 282 g/mol. The highest BCUT2D eigenvalue weighted by atomic mass is 16.5. The molecule has 3 rings (SSSR count). The lowest BCUT2D eigenvalue weighted by atomic mass is 9.73. The van der Waals surface area contributed by atoms with Gasteiger partial charge < -0.3 is 10.5 Å². The summed E-state index contributed by atoms with van der Waals surface area (Å²) in [5.41, 5.74) is 9.34. The highest BCUT2D eigenvalue weighted by molar-refractivity contribution is 5.42. The quantitative estimate of drug-likeness (QED) is 0.685. The summed E-state index contributed by atoms with van der Waals surface area (Å²) in [6.07, 6.45) is 5.69. The summed E-state index contributed by atoms with van der Waals surface area (Å²) in [7, 11) is 0. The minimum Gasteiger partial charge on any atom is -0.487 e. The minimum absolute atomic E-state index is 0.0674. The van der Waals surface area contributed by atoms with E-state index in [1.165, 1.54) is 30.4 Å². The van der Waals surface area contributed by atoms with E-state index in [9.17, 15) is 0 Å². The smallest absolute Gasteiger partial charge is 0.124 e. The Morgan fingerprint density at radius 2 is 1.74 bits per heavy atom. The van der Waals surface area contributed by atoms with Crippen LogP contribution in [0, 0.1) is 5.41 Å². The molecule has 1 aliphatic carbocycles. The fraction of sp³-hybridized carbons (Fsp3) is 0.714. The number of rotatable bonds is 1. The van der Waals surface area contributed by atoms with Crippen LogP contribution in [0.15, 0.2) is 18.2 Å². The molecule has 2 N–H and O–H groups in total. The van der Waals surface area contributed by atoms with Crippen molar-refractivity contribution in [3.63, 3.8) is 0 Å². The highest BCUT2D eigenvalue weighted by Gasteiger charge is 2.44. The van der Waals surface area contributed by atoms with Crippen LogP contribution in [-0.4, -0.2) is 5.60 Å². The minimum atomic E-state index is 0.0674. The monoisotopic (exact) mass is 319 g/mol. The van der Waals surface area contributed by atoms with Gasteiger partial charge in [0.2, 0.25) is 0 Å².